The molecule has 0 radical (unpaired) electrons. The third-order valence-corrected chi connectivity index (χ3v) is 2.51. The summed E-state index contributed by atoms with van der Waals surface area (Å²) in [5, 5.41) is 0. The Morgan fingerprint density at radius 1 is 0.875 bits per heavy atom. The molecule has 0 unspecified atom stereocenters. The summed E-state index contributed by atoms with van der Waals surface area (Å²) in [4.78, 5) is 7.34. The molecule has 16 heavy (non-hydrogen) atoms. The quantitative estimate of drug-likeness (QED) is 0.704. The first-order valence-electron chi connectivity index (χ1n) is 5.05. The number of aromatic nitrogens is 2. The first-order chi connectivity index (χ1) is 7.93. The zero-order valence-electron chi connectivity index (χ0n) is 8.55. The number of hydrogen-bond acceptors (Lipinski definition) is 2. The SMILES string of the molecule is c1cc(-c2ccc(-c3ccoc3)[nH]2)ccn1. The van der Waals surface area contributed by atoms with Gasteiger partial charge in [-0.15, -0.1) is 0 Å². The molecule has 3 heterocycles. The lowest BCUT2D eigenvalue weighted by Crippen LogP contribution is -1.78. The summed E-state index contributed by atoms with van der Waals surface area (Å²) in [5.41, 5.74) is 4.32. The highest BCUT2D eigenvalue weighted by atomic mass is 16.3. The van der Waals surface area contributed by atoms with Crippen molar-refractivity contribution in [3.63, 3.8) is 0 Å². The van der Waals surface area contributed by atoms with Gasteiger partial charge in [-0.2, -0.15) is 0 Å². The maximum absolute atomic E-state index is 5.05. The molecule has 3 rings (SSSR count). The molecule has 1 N–H and O–H groups in total. The third kappa shape index (κ3) is 1.52. The van der Waals surface area contributed by atoms with E-state index < -0.39 is 0 Å². The lowest BCUT2D eigenvalue weighted by Gasteiger charge is -1.96. The van der Waals surface area contributed by atoms with E-state index in [4.69, 9.17) is 4.42 Å². The van der Waals surface area contributed by atoms with Gasteiger partial charge in [0.15, 0.2) is 0 Å². The summed E-state index contributed by atoms with van der Waals surface area (Å²) in [6, 6.07) is 9.98. The van der Waals surface area contributed by atoms with Crippen molar-refractivity contribution in [2.45, 2.75) is 0 Å². The van der Waals surface area contributed by atoms with Gasteiger partial charge in [-0.25, -0.2) is 0 Å². The number of hydrogen-bond donors (Lipinski definition) is 1. The molecular weight excluding hydrogens is 200 g/mol. The van der Waals surface area contributed by atoms with E-state index in [9.17, 15) is 0 Å². The van der Waals surface area contributed by atoms with Crippen LogP contribution in [0.15, 0.2) is 59.7 Å². The van der Waals surface area contributed by atoms with Gasteiger partial charge in [0.1, 0.15) is 0 Å². The van der Waals surface area contributed by atoms with Crippen LogP contribution in [-0.2, 0) is 0 Å². The Labute approximate surface area is 92.8 Å². The summed E-state index contributed by atoms with van der Waals surface area (Å²) in [7, 11) is 0. The standard InChI is InChI=1S/C13H10N2O/c1-2-13(11-5-8-16-9-11)15-12(1)10-3-6-14-7-4-10/h1-9,15H. The van der Waals surface area contributed by atoms with Crippen molar-refractivity contribution in [1.82, 2.24) is 9.97 Å². The summed E-state index contributed by atoms with van der Waals surface area (Å²) in [6.45, 7) is 0. The van der Waals surface area contributed by atoms with Crippen LogP contribution in [0, 0.1) is 0 Å². The highest BCUT2D eigenvalue weighted by Gasteiger charge is 2.03. The zero-order chi connectivity index (χ0) is 10.8. The highest BCUT2D eigenvalue weighted by molar-refractivity contribution is 5.67. The number of aromatic amines is 1. The molecule has 0 aliphatic rings. The number of rotatable bonds is 2. The largest absolute Gasteiger partial charge is 0.472 e. The minimum Gasteiger partial charge on any atom is -0.472 e. The van der Waals surface area contributed by atoms with Gasteiger partial charge in [0.25, 0.3) is 0 Å². The van der Waals surface area contributed by atoms with Crippen LogP contribution in [-0.4, -0.2) is 9.97 Å². The fourth-order valence-electron chi connectivity index (χ4n) is 1.68. The summed E-state index contributed by atoms with van der Waals surface area (Å²) in [5.74, 6) is 0. The Bertz CT molecular complexity index is 567. The normalized spacial score (nSPS) is 10.5. The second kappa shape index (κ2) is 3.70. The maximum Gasteiger partial charge on any atom is 0.0995 e. The lowest BCUT2D eigenvalue weighted by molar-refractivity contribution is 0.568. The van der Waals surface area contributed by atoms with Crippen molar-refractivity contribution < 1.29 is 4.42 Å². The van der Waals surface area contributed by atoms with Crippen molar-refractivity contribution in [2.24, 2.45) is 0 Å². The summed E-state index contributed by atoms with van der Waals surface area (Å²) >= 11 is 0. The first-order valence-corrected chi connectivity index (χ1v) is 5.05. The van der Waals surface area contributed by atoms with Gasteiger partial charge < -0.3 is 9.40 Å². The van der Waals surface area contributed by atoms with Crippen LogP contribution in [0.4, 0.5) is 0 Å². The molecule has 0 amide bonds. The molecule has 0 aliphatic heterocycles. The van der Waals surface area contributed by atoms with Crippen molar-refractivity contribution in [3.05, 3.63) is 55.3 Å². The van der Waals surface area contributed by atoms with Crippen molar-refractivity contribution in [3.8, 4) is 22.5 Å². The smallest absolute Gasteiger partial charge is 0.0995 e. The van der Waals surface area contributed by atoms with E-state index >= 15 is 0 Å². The zero-order valence-corrected chi connectivity index (χ0v) is 8.55. The summed E-state index contributed by atoms with van der Waals surface area (Å²) in [6.07, 6.45) is 6.96. The Hall–Kier alpha value is -2.29. The predicted molar refractivity (Wildman–Crippen MR) is 61.7 cm³/mol. The Balaban J connectivity index is 2.00. The van der Waals surface area contributed by atoms with E-state index in [1.165, 1.54) is 0 Å². The molecule has 3 nitrogen and oxygen atoms in total. The van der Waals surface area contributed by atoms with Crippen LogP contribution in [0.1, 0.15) is 0 Å². The molecule has 0 bridgehead atoms. The molecule has 78 valence electrons. The van der Waals surface area contributed by atoms with Gasteiger partial charge in [-0.1, -0.05) is 0 Å². The Morgan fingerprint density at radius 3 is 2.31 bits per heavy atom. The molecule has 0 fully saturated rings. The van der Waals surface area contributed by atoms with E-state index in [2.05, 4.69) is 16.0 Å². The fourth-order valence-corrected chi connectivity index (χ4v) is 1.68. The van der Waals surface area contributed by atoms with Crippen LogP contribution in [0.3, 0.4) is 0 Å². The molecule has 3 aromatic heterocycles. The van der Waals surface area contributed by atoms with Gasteiger partial charge in [-0.05, 0) is 30.3 Å². The minimum absolute atomic E-state index is 1.06. The molecule has 0 atom stereocenters. The highest BCUT2D eigenvalue weighted by Crippen LogP contribution is 2.24. The number of furan rings is 1. The summed E-state index contributed by atoms with van der Waals surface area (Å²) < 4.78 is 5.05. The van der Waals surface area contributed by atoms with E-state index in [-0.39, 0.29) is 0 Å². The predicted octanol–water partition coefficient (Wildman–Crippen LogP) is 3.34. The third-order valence-electron chi connectivity index (χ3n) is 2.51. The molecule has 0 aromatic carbocycles. The first kappa shape index (κ1) is 8.97. The van der Waals surface area contributed by atoms with Crippen molar-refractivity contribution >= 4 is 0 Å². The number of nitrogens with one attached hydrogen (secondary N) is 1. The Morgan fingerprint density at radius 2 is 1.62 bits per heavy atom. The second-order valence-corrected chi connectivity index (χ2v) is 3.53. The van der Waals surface area contributed by atoms with Gasteiger partial charge >= 0.3 is 0 Å². The second-order valence-electron chi connectivity index (χ2n) is 3.53. The molecular formula is C13H10N2O. The van der Waals surface area contributed by atoms with Crippen LogP contribution < -0.4 is 0 Å². The topological polar surface area (TPSA) is 41.8 Å². The molecule has 0 saturated carbocycles. The average molecular weight is 210 g/mol. The van der Waals surface area contributed by atoms with Crippen LogP contribution in [0.2, 0.25) is 0 Å². The Kier molecular flexibility index (Phi) is 2.07. The molecule has 3 heteroatoms. The number of pyridine rings is 1. The number of nitrogens with zero attached hydrogens (tertiary/aromatic N) is 1. The van der Waals surface area contributed by atoms with Crippen molar-refractivity contribution in [2.75, 3.05) is 0 Å². The average Bonchev–Trinajstić information content (AvgIpc) is 3.01. The van der Waals surface area contributed by atoms with Gasteiger partial charge in [0.05, 0.1) is 12.5 Å². The van der Waals surface area contributed by atoms with E-state index in [1.54, 1.807) is 24.9 Å². The molecule has 0 aliphatic carbocycles. The van der Waals surface area contributed by atoms with E-state index in [0.717, 1.165) is 22.5 Å². The van der Waals surface area contributed by atoms with E-state index in [0.29, 0.717) is 0 Å². The fraction of sp³-hybridized carbons (Fsp3) is 0. The van der Waals surface area contributed by atoms with Crippen LogP contribution in [0.25, 0.3) is 22.5 Å². The van der Waals surface area contributed by atoms with Gasteiger partial charge in [0.2, 0.25) is 0 Å². The molecule has 3 aromatic rings. The van der Waals surface area contributed by atoms with Crippen LogP contribution >= 0.6 is 0 Å². The molecule has 0 saturated heterocycles. The molecule has 0 spiro atoms. The van der Waals surface area contributed by atoms with Gasteiger partial charge in [0, 0.05) is 34.9 Å². The lowest BCUT2D eigenvalue weighted by atomic mass is 10.2. The van der Waals surface area contributed by atoms with Gasteiger partial charge in [-0.3, -0.25) is 4.98 Å². The maximum atomic E-state index is 5.05. The minimum atomic E-state index is 1.06. The monoisotopic (exact) mass is 210 g/mol. The number of H-pyrrole nitrogens is 1. The van der Waals surface area contributed by atoms with E-state index in [1.807, 2.05) is 24.3 Å². The van der Waals surface area contributed by atoms with Crippen molar-refractivity contribution in [1.29, 1.82) is 0 Å². The van der Waals surface area contributed by atoms with Crippen LogP contribution in [0.5, 0.6) is 0 Å².